The van der Waals surface area contributed by atoms with Gasteiger partial charge in [-0.2, -0.15) is 5.26 Å². The second-order valence-corrected chi connectivity index (χ2v) is 9.77. The zero-order valence-corrected chi connectivity index (χ0v) is 21.2. The van der Waals surface area contributed by atoms with Crippen LogP contribution in [0.15, 0.2) is 24.3 Å². The Bertz CT molecular complexity index is 873. The molecule has 1 fully saturated rings. The Balaban J connectivity index is 1.88. The van der Waals surface area contributed by atoms with Gasteiger partial charge in [0, 0.05) is 38.1 Å². The predicted molar refractivity (Wildman–Crippen MR) is 135 cm³/mol. The van der Waals surface area contributed by atoms with E-state index in [0.29, 0.717) is 25.4 Å². The molecule has 4 atom stereocenters. The molecule has 0 spiro atoms. The molecule has 2 rings (SSSR count). The summed E-state index contributed by atoms with van der Waals surface area (Å²) in [5.41, 5.74) is 1.45. The summed E-state index contributed by atoms with van der Waals surface area (Å²) in [7, 11) is 5.21. The van der Waals surface area contributed by atoms with E-state index in [0.717, 1.165) is 5.69 Å². The zero-order valence-electron chi connectivity index (χ0n) is 20.4. The van der Waals surface area contributed by atoms with Crippen molar-refractivity contribution in [2.45, 2.75) is 23.3 Å². The molecule has 35 heavy (non-hydrogen) atoms. The summed E-state index contributed by atoms with van der Waals surface area (Å²) in [5.74, 6) is -1.55. The van der Waals surface area contributed by atoms with Gasteiger partial charge in [-0.05, 0) is 38.7 Å². The van der Waals surface area contributed by atoms with Crippen LogP contribution in [0.2, 0.25) is 0 Å². The Morgan fingerprint density at radius 3 is 2.83 bits per heavy atom. The number of aliphatic hydroxyl groups excluding tert-OH is 1. The molecule has 0 aromatic heterocycles. The number of nitriles is 1. The quantitative estimate of drug-likeness (QED) is 0.289. The van der Waals surface area contributed by atoms with Crippen molar-refractivity contribution >= 4 is 35.0 Å². The number of nitrogens with zero attached hydrogens (tertiary/aromatic N) is 3. The molecule has 12 heteroatoms. The van der Waals surface area contributed by atoms with Gasteiger partial charge < -0.3 is 25.8 Å². The molecule has 1 aliphatic rings. The van der Waals surface area contributed by atoms with E-state index in [2.05, 4.69) is 16.0 Å². The van der Waals surface area contributed by atoms with Crippen LogP contribution in [0.1, 0.15) is 6.42 Å². The van der Waals surface area contributed by atoms with Gasteiger partial charge in [-0.3, -0.25) is 19.4 Å². The minimum Gasteiger partial charge on any atom is -0.384 e. The number of amides is 2. The number of carbonyl (C=O) groups is 2. The topological polar surface area (TPSA) is 130 Å². The van der Waals surface area contributed by atoms with Gasteiger partial charge in [0.05, 0.1) is 29.8 Å². The van der Waals surface area contributed by atoms with Crippen LogP contribution < -0.4 is 16.0 Å². The molecule has 1 aromatic carbocycles. The Morgan fingerprint density at radius 1 is 1.40 bits per heavy atom. The molecule has 0 bridgehead atoms. The number of hydrogen-bond acceptors (Lipinski definition) is 9. The van der Waals surface area contributed by atoms with Crippen molar-refractivity contribution in [1.29, 1.82) is 5.26 Å². The van der Waals surface area contributed by atoms with Crippen molar-refractivity contribution in [2.24, 2.45) is 5.92 Å². The lowest BCUT2D eigenvalue weighted by molar-refractivity contribution is -0.124. The standard InChI is InChI=1S/C23H35FN6O4S/c1-29(9-10-34-3)15-20(31)28-18-6-4-5-17(12-18)27-14-19-23(33)30(2)21(35-19)11-16(13-25)22(32)26-8-7-24/h4-6,12,16,19,21,23,27,33H,7-11,14-15H2,1-3H3,(H,26,32)(H,28,31). The minimum atomic E-state index is -0.922. The fourth-order valence-electron chi connectivity index (χ4n) is 3.59. The van der Waals surface area contributed by atoms with Crippen LogP contribution in [0.5, 0.6) is 0 Å². The first kappa shape index (κ1) is 28.8. The highest BCUT2D eigenvalue weighted by atomic mass is 32.2. The zero-order chi connectivity index (χ0) is 25.8. The fourth-order valence-corrected chi connectivity index (χ4v) is 5.12. The first-order chi connectivity index (χ1) is 16.8. The van der Waals surface area contributed by atoms with Gasteiger partial charge >= 0.3 is 0 Å². The van der Waals surface area contributed by atoms with E-state index >= 15 is 0 Å². The van der Waals surface area contributed by atoms with E-state index in [9.17, 15) is 24.3 Å². The van der Waals surface area contributed by atoms with Crippen LogP contribution in [0.25, 0.3) is 0 Å². The Hall–Kier alpha value is -2.43. The number of hydrogen-bond donors (Lipinski definition) is 4. The van der Waals surface area contributed by atoms with Crippen molar-refractivity contribution in [2.75, 3.05) is 71.3 Å². The van der Waals surface area contributed by atoms with Crippen LogP contribution in [0.3, 0.4) is 0 Å². The van der Waals surface area contributed by atoms with Gasteiger partial charge in [0.15, 0.2) is 0 Å². The van der Waals surface area contributed by atoms with E-state index < -0.39 is 24.7 Å². The first-order valence-electron chi connectivity index (χ1n) is 11.4. The lowest BCUT2D eigenvalue weighted by atomic mass is 10.1. The SMILES string of the molecule is COCCN(C)CC(=O)Nc1cccc(NCC2SC(CC(C#N)C(=O)NCCF)N(C)C2O)c1. The molecule has 4 unspecified atom stereocenters. The number of halogens is 1. The normalized spacial score (nSPS) is 20.9. The number of anilines is 2. The van der Waals surface area contributed by atoms with E-state index in [4.69, 9.17) is 4.74 Å². The highest BCUT2D eigenvalue weighted by Crippen LogP contribution is 2.37. The number of alkyl halides is 1. The van der Waals surface area contributed by atoms with Crippen molar-refractivity contribution in [1.82, 2.24) is 15.1 Å². The van der Waals surface area contributed by atoms with E-state index in [1.165, 1.54) is 11.8 Å². The van der Waals surface area contributed by atoms with Crippen molar-refractivity contribution in [3.05, 3.63) is 24.3 Å². The van der Waals surface area contributed by atoms with Crippen LogP contribution in [0, 0.1) is 17.2 Å². The van der Waals surface area contributed by atoms with E-state index in [-0.39, 0.29) is 36.0 Å². The maximum Gasteiger partial charge on any atom is 0.238 e. The molecule has 0 radical (unpaired) electrons. The largest absolute Gasteiger partial charge is 0.384 e. The van der Waals surface area contributed by atoms with Gasteiger partial charge in [0.2, 0.25) is 11.8 Å². The fraction of sp³-hybridized carbons (Fsp3) is 0.609. The third-order valence-electron chi connectivity index (χ3n) is 5.58. The van der Waals surface area contributed by atoms with Crippen molar-refractivity contribution in [3.63, 3.8) is 0 Å². The number of likely N-dealkylation sites (N-methyl/N-ethyl adjacent to an activating group) is 1. The monoisotopic (exact) mass is 510 g/mol. The lowest BCUT2D eigenvalue weighted by Crippen LogP contribution is -2.39. The molecule has 4 N–H and O–H groups in total. The minimum absolute atomic E-state index is 0.121. The second-order valence-electron chi connectivity index (χ2n) is 8.35. The highest BCUT2D eigenvalue weighted by molar-refractivity contribution is 8.00. The summed E-state index contributed by atoms with van der Waals surface area (Å²) < 4.78 is 17.3. The van der Waals surface area contributed by atoms with Gasteiger partial charge in [-0.25, -0.2) is 4.39 Å². The molecular weight excluding hydrogens is 475 g/mol. The number of rotatable bonds is 14. The molecule has 0 saturated carbocycles. The number of nitrogens with one attached hydrogen (secondary N) is 3. The second kappa shape index (κ2) is 14.9. The average Bonchev–Trinajstić information content (AvgIpc) is 3.11. The predicted octanol–water partition coefficient (Wildman–Crippen LogP) is 0.922. The summed E-state index contributed by atoms with van der Waals surface area (Å²) in [6.07, 6.45) is -0.541. The van der Waals surface area contributed by atoms with Gasteiger partial charge in [0.1, 0.15) is 18.8 Å². The van der Waals surface area contributed by atoms with E-state index in [1.54, 1.807) is 25.1 Å². The lowest BCUT2D eigenvalue weighted by Gasteiger charge is -2.23. The summed E-state index contributed by atoms with van der Waals surface area (Å²) in [6, 6.07) is 9.29. The molecule has 1 heterocycles. The number of aliphatic hydroxyl groups is 1. The third kappa shape index (κ3) is 9.27. The van der Waals surface area contributed by atoms with Crippen LogP contribution >= 0.6 is 11.8 Å². The average molecular weight is 511 g/mol. The molecule has 1 saturated heterocycles. The van der Waals surface area contributed by atoms with Crippen molar-refractivity contribution in [3.8, 4) is 6.07 Å². The highest BCUT2D eigenvalue weighted by Gasteiger charge is 2.40. The van der Waals surface area contributed by atoms with Crippen molar-refractivity contribution < 1.29 is 23.8 Å². The third-order valence-corrected chi connectivity index (χ3v) is 7.18. The molecule has 2 amide bonds. The Labute approximate surface area is 210 Å². The molecule has 0 aliphatic carbocycles. The van der Waals surface area contributed by atoms with Gasteiger partial charge in [0.25, 0.3) is 0 Å². The van der Waals surface area contributed by atoms with Crippen LogP contribution in [-0.4, -0.2) is 104 Å². The molecule has 1 aromatic rings. The van der Waals surface area contributed by atoms with Crippen LogP contribution in [0.4, 0.5) is 15.8 Å². The first-order valence-corrected chi connectivity index (χ1v) is 12.3. The Morgan fingerprint density at radius 2 is 2.14 bits per heavy atom. The Kier molecular flexibility index (Phi) is 12.2. The maximum absolute atomic E-state index is 12.3. The molecular formula is C23H35FN6O4S. The van der Waals surface area contributed by atoms with Crippen LogP contribution in [-0.2, 0) is 14.3 Å². The summed E-state index contributed by atoms with van der Waals surface area (Å²) in [4.78, 5) is 28.0. The molecule has 194 valence electrons. The number of carbonyl (C=O) groups excluding carboxylic acids is 2. The summed E-state index contributed by atoms with van der Waals surface area (Å²) >= 11 is 1.48. The number of thioether (sulfide) groups is 1. The number of ether oxygens (including phenoxy) is 1. The maximum atomic E-state index is 12.3. The van der Waals surface area contributed by atoms with E-state index in [1.807, 2.05) is 36.2 Å². The summed E-state index contributed by atoms with van der Waals surface area (Å²) in [6.45, 7) is 1.08. The molecule has 10 nitrogen and oxygen atoms in total. The summed E-state index contributed by atoms with van der Waals surface area (Å²) in [5, 5.41) is 28.1. The smallest absolute Gasteiger partial charge is 0.238 e. The number of benzene rings is 1. The van der Waals surface area contributed by atoms with Gasteiger partial charge in [-0.15, -0.1) is 11.8 Å². The van der Waals surface area contributed by atoms with Gasteiger partial charge in [-0.1, -0.05) is 6.07 Å². The number of methoxy groups -OCH3 is 1. The molecule has 1 aliphatic heterocycles.